The number of hydrogen-bond acceptors (Lipinski definition) is 4. The maximum absolute atomic E-state index is 12.5. The van der Waals surface area contributed by atoms with Crippen molar-refractivity contribution in [3.63, 3.8) is 0 Å². The number of aromatic nitrogens is 1. The summed E-state index contributed by atoms with van der Waals surface area (Å²) in [5.41, 5.74) is 3.33. The molecule has 0 bridgehead atoms. The van der Waals surface area contributed by atoms with E-state index in [9.17, 15) is 9.59 Å². The van der Waals surface area contributed by atoms with Gasteiger partial charge in [0.25, 0.3) is 5.91 Å². The minimum atomic E-state index is -0.334. The molecule has 6 heteroatoms. The van der Waals surface area contributed by atoms with Crippen LogP contribution in [-0.4, -0.2) is 23.2 Å². The zero-order valence-electron chi connectivity index (χ0n) is 15.4. The molecule has 28 heavy (non-hydrogen) atoms. The van der Waals surface area contributed by atoms with Crippen LogP contribution in [0.3, 0.4) is 0 Å². The molecule has 0 radical (unpaired) electrons. The first-order valence-corrected chi connectivity index (χ1v) is 9.26. The van der Waals surface area contributed by atoms with Gasteiger partial charge >= 0.3 is 0 Å². The second-order valence-corrected chi connectivity index (χ2v) is 6.76. The highest BCUT2D eigenvalue weighted by Gasteiger charge is 2.09. The number of rotatable bonds is 7. The van der Waals surface area contributed by atoms with Gasteiger partial charge in [-0.3, -0.25) is 14.6 Å². The van der Waals surface area contributed by atoms with Gasteiger partial charge in [0.1, 0.15) is 5.69 Å². The van der Waals surface area contributed by atoms with Gasteiger partial charge in [0.15, 0.2) is 5.78 Å². The summed E-state index contributed by atoms with van der Waals surface area (Å²) in [6.07, 6.45) is 2.39. The van der Waals surface area contributed by atoms with Crippen LogP contribution in [0.1, 0.15) is 33.3 Å². The number of nitrogens with zero attached hydrogens (tertiary/aromatic N) is 1. The van der Waals surface area contributed by atoms with Crippen LogP contribution in [-0.2, 0) is 6.42 Å². The number of anilines is 2. The van der Waals surface area contributed by atoms with Crippen molar-refractivity contribution in [1.29, 1.82) is 0 Å². The second kappa shape index (κ2) is 9.15. The number of carbonyl (C=O) groups is 2. The van der Waals surface area contributed by atoms with E-state index in [2.05, 4.69) is 15.6 Å². The lowest BCUT2D eigenvalue weighted by Crippen LogP contribution is -2.14. The molecule has 1 amide bonds. The predicted octanol–water partition coefficient (Wildman–Crippen LogP) is 4.84. The molecule has 0 aliphatic rings. The van der Waals surface area contributed by atoms with Gasteiger partial charge in [0, 0.05) is 34.7 Å². The molecular weight excluding hydrogens is 374 g/mol. The first-order valence-electron chi connectivity index (χ1n) is 8.88. The summed E-state index contributed by atoms with van der Waals surface area (Å²) in [5.74, 6) is -0.390. The molecule has 3 rings (SSSR count). The first-order chi connectivity index (χ1) is 13.5. The van der Waals surface area contributed by atoms with Crippen LogP contribution in [0.4, 0.5) is 11.4 Å². The van der Waals surface area contributed by atoms with E-state index in [-0.39, 0.29) is 11.7 Å². The van der Waals surface area contributed by atoms with Crippen molar-refractivity contribution >= 4 is 34.7 Å². The van der Waals surface area contributed by atoms with E-state index in [0.717, 1.165) is 17.7 Å². The lowest BCUT2D eigenvalue weighted by Gasteiger charge is -2.09. The number of Topliss-reactive ketones (excluding diaryl/α,β-unsaturated/α-hetero) is 1. The third kappa shape index (κ3) is 5.41. The fourth-order valence-electron chi connectivity index (χ4n) is 2.72. The van der Waals surface area contributed by atoms with Crippen LogP contribution in [0.2, 0.25) is 5.02 Å². The normalized spacial score (nSPS) is 10.4. The van der Waals surface area contributed by atoms with E-state index in [1.807, 2.05) is 30.3 Å². The Balaban J connectivity index is 1.61. The molecule has 2 N–H and O–H groups in total. The fraction of sp³-hybridized carbons (Fsp3) is 0.136. The van der Waals surface area contributed by atoms with Gasteiger partial charge in [-0.2, -0.15) is 0 Å². The number of carbonyl (C=O) groups excluding carboxylic acids is 2. The number of pyridine rings is 1. The molecule has 5 nitrogen and oxygen atoms in total. The summed E-state index contributed by atoms with van der Waals surface area (Å²) in [5, 5.41) is 6.78. The Hall–Kier alpha value is -3.18. The van der Waals surface area contributed by atoms with Gasteiger partial charge in [-0.25, -0.2) is 0 Å². The Morgan fingerprint density at radius 3 is 2.61 bits per heavy atom. The molecule has 1 aromatic heterocycles. The zero-order valence-corrected chi connectivity index (χ0v) is 16.2. The van der Waals surface area contributed by atoms with Crippen LogP contribution < -0.4 is 10.6 Å². The molecule has 0 atom stereocenters. The molecule has 0 aliphatic heterocycles. The van der Waals surface area contributed by atoms with Crippen molar-refractivity contribution in [3.05, 3.63) is 88.7 Å². The van der Waals surface area contributed by atoms with Crippen LogP contribution in [0.5, 0.6) is 0 Å². The van der Waals surface area contributed by atoms with Crippen LogP contribution >= 0.6 is 11.6 Å². The number of nitrogens with one attached hydrogen (secondary N) is 2. The first kappa shape index (κ1) is 19.6. The monoisotopic (exact) mass is 393 g/mol. The second-order valence-electron chi connectivity index (χ2n) is 6.33. The maximum atomic E-state index is 12.5. The van der Waals surface area contributed by atoms with Gasteiger partial charge in [-0.05, 0) is 55.3 Å². The topological polar surface area (TPSA) is 71.1 Å². The Labute approximate surface area is 168 Å². The summed E-state index contributed by atoms with van der Waals surface area (Å²) >= 11 is 6.00. The van der Waals surface area contributed by atoms with Crippen molar-refractivity contribution in [2.75, 3.05) is 17.2 Å². The van der Waals surface area contributed by atoms with Crippen molar-refractivity contribution in [1.82, 2.24) is 4.98 Å². The van der Waals surface area contributed by atoms with Crippen molar-refractivity contribution in [2.45, 2.75) is 13.3 Å². The summed E-state index contributed by atoms with van der Waals surface area (Å²) in [4.78, 5) is 28.1. The third-order valence-corrected chi connectivity index (χ3v) is 4.39. The molecule has 1 heterocycles. The van der Waals surface area contributed by atoms with Gasteiger partial charge in [0.05, 0.1) is 0 Å². The van der Waals surface area contributed by atoms with Crippen LogP contribution in [0.25, 0.3) is 0 Å². The quantitative estimate of drug-likeness (QED) is 0.563. The standard InChI is InChI=1S/C22H20ClN3O2/c1-15(27)17-5-3-7-20(13-17)26-22(28)21-14-19(9-11-25-21)24-10-8-16-4-2-6-18(23)12-16/h2-7,9,11-14H,8,10H2,1H3,(H,24,25)(H,26,28). The molecular formula is C22H20ClN3O2. The predicted molar refractivity (Wildman–Crippen MR) is 112 cm³/mol. The van der Waals surface area contributed by atoms with Gasteiger partial charge in [0.2, 0.25) is 0 Å². The van der Waals surface area contributed by atoms with Crippen molar-refractivity contribution < 1.29 is 9.59 Å². The number of amides is 1. The Kier molecular flexibility index (Phi) is 6.40. The van der Waals surface area contributed by atoms with Crippen molar-refractivity contribution in [3.8, 4) is 0 Å². The third-order valence-electron chi connectivity index (χ3n) is 4.15. The molecule has 0 fully saturated rings. The average molecular weight is 394 g/mol. The summed E-state index contributed by atoms with van der Waals surface area (Å²) in [6.45, 7) is 2.19. The highest BCUT2D eigenvalue weighted by molar-refractivity contribution is 6.30. The number of benzene rings is 2. The van der Waals surface area contributed by atoms with Crippen molar-refractivity contribution in [2.24, 2.45) is 0 Å². The minimum Gasteiger partial charge on any atom is -0.385 e. The lowest BCUT2D eigenvalue weighted by atomic mass is 10.1. The largest absolute Gasteiger partial charge is 0.385 e. The number of ketones is 1. The molecule has 142 valence electrons. The highest BCUT2D eigenvalue weighted by atomic mass is 35.5. The van der Waals surface area contributed by atoms with E-state index in [4.69, 9.17) is 11.6 Å². The smallest absolute Gasteiger partial charge is 0.274 e. The molecule has 0 spiro atoms. The zero-order chi connectivity index (χ0) is 19.9. The molecule has 0 saturated heterocycles. The lowest BCUT2D eigenvalue weighted by molar-refractivity contribution is 0.100. The Morgan fingerprint density at radius 2 is 1.82 bits per heavy atom. The van der Waals surface area contributed by atoms with Crippen LogP contribution in [0, 0.1) is 0 Å². The van der Waals surface area contributed by atoms with E-state index < -0.39 is 0 Å². The summed E-state index contributed by atoms with van der Waals surface area (Å²) < 4.78 is 0. The van der Waals surface area contributed by atoms with Crippen LogP contribution in [0.15, 0.2) is 66.9 Å². The fourth-order valence-corrected chi connectivity index (χ4v) is 2.93. The molecule has 0 saturated carbocycles. The van der Waals surface area contributed by atoms with Gasteiger partial charge in [-0.1, -0.05) is 35.9 Å². The Morgan fingerprint density at radius 1 is 1.00 bits per heavy atom. The van der Waals surface area contributed by atoms with E-state index >= 15 is 0 Å². The van der Waals surface area contributed by atoms with Gasteiger partial charge in [-0.15, -0.1) is 0 Å². The number of hydrogen-bond donors (Lipinski definition) is 2. The van der Waals surface area contributed by atoms with E-state index in [1.54, 1.807) is 36.5 Å². The Bertz CT molecular complexity index is 1000. The van der Waals surface area contributed by atoms with E-state index in [1.165, 1.54) is 6.92 Å². The maximum Gasteiger partial charge on any atom is 0.274 e. The molecule has 3 aromatic rings. The van der Waals surface area contributed by atoms with Gasteiger partial charge < -0.3 is 10.6 Å². The van der Waals surface area contributed by atoms with E-state index in [0.29, 0.717) is 28.5 Å². The number of halogens is 1. The summed E-state index contributed by atoms with van der Waals surface area (Å²) in [7, 11) is 0. The SMILES string of the molecule is CC(=O)c1cccc(NC(=O)c2cc(NCCc3cccc(Cl)c3)ccn2)c1. The highest BCUT2D eigenvalue weighted by Crippen LogP contribution is 2.15. The molecule has 2 aromatic carbocycles. The minimum absolute atomic E-state index is 0.0554. The molecule has 0 aliphatic carbocycles. The average Bonchev–Trinajstić information content (AvgIpc) is 2.68. The molecule has 0 unspecified atom stereocenters. The summed E-state index contributed by atoms with van der Waals surface area (Å²) in [6, 6.07) is 18.1.